The summed E-state index contributed by atoms with van der Waals surface area (Å²) in [6.45, 7) is 0. The number of halogens is 7. The van der Waals surface area contributed by atoms with Crippen LogP contribution < -0.4 is 5.32 Å². The molecule has 14 heteroatoms. The predicted octanol–water partition coefficient (Wildman–Crippen LogP) is 5.41. The summed E-state index contributed by atoms with van der Waals surface area (Å²) < 4.78 is 82.7. The maximum atomic E-state index is 14.1. The van der Waals surface area contributed by atoms with Crippen LogP contribution >= 0.6 is 11.6 Å². The first-order valence-electron chi connectivity index (χ1n) is 11.0. The van der Waals surface area contributed by atoms with Crippen LogP contribution in [0.3, 0.4) is 0 Å². The van der Waals surface area contributed by atoms with Crippen LogP contribution in [0.5, 0.6) is 0 Å². The maximum absolute atomic E-state index is 14.1. The Hall–Kier alpha value is -3.79. The Morgan fingerprint density at radius 3 is 2.39 bits per heavy atom. The Morgan fingerprint density at radius 2 is 1.84 bits per heavy atom. The van der Waals surface area contributed by atoms with Gasteiger partial charge in [0.2, 0.25) is 0 Å². The van der Waals surface area contributed by atoms with Crippen LogP contribution in [-0.2, 0) is 13.2 Å². The first-order chi connectivity index (χ1) is 17.6. The summed E-state index contributed by atoms with van der Waals surface area (Å²) in [4.78, 5) is 30.2. The number of pyridine rings is 1. The molecule has 38 heavy (non-hydrogen) atoms. The third-order valence-corrected chi connectivity index (χ3v) is 6.57. The number of amides is 2. The monoisotopic (exact) mass is 557 g/mol. The van der Waals surface area contributed by atoms with Crippen molar-refractivity contribution >= 4 is 34.4 Å². The maximum Gasteiger partial charge on any atom is 0.416 e. The van der Waals surface area contributed by atoms with Crippen LogP contribution in [0.25, 0.3) is 11.0 Å². The van der Waals surface area contributed by atoms with E-state index in [4.69, 9.17) is 11.6 Å². The summed E-state index contributed by atoms with van der Waals surface area (Å²) in [5, 5.41) is 11.7. The molecule has 1 aliphatic rings. The second-order valence-corrected chi connectivity index (χ2v) is 9.32. The van der Waals surface area contributed by atoms with Crippen molar-refractivity contribution in [1.82, 2.24) is 19.8 Å². The highest BCUT2D eigenvalue weighted by Gasteiger charge is 2.47. The van der Waals surface area contributed by atoms with Crippen molar-refractivity contribution in [2.45, 2.75) is 36.8 Å². The lowest BCUT2D eigenvalue weighted by atomic mass is 10.0. The number of rotatable bonds is 5. The van der Waals surface area contributed by atoms with E-state index >= 15 is 0 Å². The smallest absolute Gasteiger partial charge is 0.334 e. The number of nitriles is 1. The summed E-state index contributed by atoms with van der Waals surface area (Å²) in [5.74, 6) is -1.84. The molecule has 1 atom stereocenters. The van der Waals surface area contributed by atoms with Gasteiger partial charge >= 0.3 is 12.4 Å². The van der Waals surface area contributed by atoms with Gasteiger partial charge in [-0.25, -0.2) is 4.98 Å². The summed E-state index contributed by atoms with van der Waals surface area (Å²) in [6, 6.07) is 4.48. The molecule has 1 fully saturated rings. The average molecular weight is 558 g/mol. The normalized spacial score (nSPS) is 15.6. The van der Waals surface area contributed by atoms with Gasteiger partial charge in [0, 0.05) is 19.5 Å². The quantitative estimate of drug-likeness (QED) is 0.336. The van der Waals surface area contributed by atoms with Crippen LogP contribution in [0.15, 0.2) is 36.4 Å². The van der Waals surface area contributed by atoms with Crippen LogP contribution in [-0.4, -0.2) is 45.0 Å². The van der Waals surface area contributed by atoms with Crippen molar-refractivity contribution in [3.05, 3.63) is 63.9 Å². The van der Waals surface area contributed by atoms with Gasteiger partial charge in [0.25, 0.3) is 11.8 Å². The molecule has 200 valence electrons. The van der Waals surface area contributed by atoms with Gasteiger partial charge in [-0.3, -0.25) is 9.59 Å². The molecule has 2 aromatic heterocycles. The van der Waals surface area contributed by atoms with Gasteiger partial charge in [-0.1, -0.05) is 23.7 Å². The van der Waals surface area contributed by atoms with Gasteiger partial charge in [-0.05, 0) is 42.7 Å². The van der Waals surface area contributed by atoms with Crippen molar-refractivity contribution in [2.75, 3.05) is 7.05 Å². The summed E-state index contributed by atoms with van der Waals surface area (Å²) >= 11 is 6.15. The molecule has 3 aromatic rings. The minimum Gasteiger partial charge on any atom is -0.334 e. The van der Waals surface area contributed by atoms with E-state index < -0.39 is 46.9 Å². The molecule has 1 aromatic carbocycles. The molecule has 7 nitrogen and oxygen atoms in total. The van der Waals surface area contributed by atoms with E-state index in [1.54, 1.807) is 0 Å². The van der Waals surface area contributed by atoms with E-state index in [0.717, 1.165) is 19.2 Å². The molecule has 1 saturated carbocycles. The number of carbonyl (C=O) groups is 2. The Labute approximate surface area is 216 Å². The number of aryl methyl sites for hydroxylation is 1. The highest BCUT2D eigenvalue weighted by Crippen LogP contribution is 2.40. The molecule has 0 radical (unpaired) electrons. The average Bonchev–Trinajstić information content (AvgIpc) is 3.53. The molecule has 1 N–H and O–H groups in total. The molecule has 4 rings (SSSR count). The number of hydrogen-bond acceptors (Lipinski definition) is 4. The minimum absolute atomic E-state index is 0.0762. The topological polar surface area (TPSA) is 91.0 Å². The Kier molecular flexibility index (Phi) is 6.59. The van der Waals surface area contributed by atoms with Gasteiger partial charge in [0.1, 0.15) is 22.0 Å². The number of alkyl halides is 6. The Bertz CT molecular complexity index is 1490. The lowest BCUT2D eigenvalue weighted by Gasteiger charge is -2.30. The number of nitrogens with zero attached hydrogens (tertiary/aromatic N) is 4. The van der Waals surface area contributed by atoms with Gasteiger partial charge in [-0.2, -0.15) is 31.6 Å². The molecule has 0 aliphatic heterocycles. The zero-order chi connectivity index (χ0) is 28.2. The molecule has 1 aliphatic carbocycles. The van der Waals surface area contributed by atoms with Crippen molar-refractivity contribution < 1.29 is 35.9 Å². The lowest BCUT2D eigenvalue weighted by Crippen LogP contribution is -2.40. The zero-order valence-electron chi connectivity index (χ0n) is 19.7. The molecule has 0 spiro atoms. The number of hydrogen-bond donors (Lipinski definition) is 1. The second-order valence-electron chi connectivity index (χ2n) is 8.96. The van der Waals surface area contributed by atoms with E-state index in [2.05, 4.69) is 10.3 Å². The fraction of sp³-hybridized carbons (Fsp3) is 0.333. The zero-order valence-corrected chi connectivity index (χ0v) is 20.5. The summed E-state index contributed by atoms with van der Waals surface area (Å²) in [7, 11) is 2.17. The van der Waals surface area contributed by atoms with Gasteiger partial charge in [0.05, 0.1) is 17.2 Å². The van der Waals surface area contributed by atoms with E-state index in [1.807, 2.05) is 6.07 Å². The number of aromatic nitrogens is 2. The van der Waals surface area contributed by atoms with E-state index in [-0.39, 0.29) is 27.4 Å². The van der Waals surface area contributed by atoms with Crippen molar-refractivity contribution in [3.8, 4) is 6.07 Å². The number of benzene rings is 1. The van der Waals surface area contributed by atoms with E-state index in [9.17, 15) is 41.2 Å². The third kappa shape index (κ3) is 5.00. The summed E-state index contributed by atoms with van der Waals surface area (Å²) in [5.41, 5.74) is -3.35. The van der Waals surface area contributed by atoms with Gasteiger partial charge in [0.15, 0.2) is 6.04 Å². The molecule has 0 bridgehead atoms. The van der Waals surface area contributed by atoms with Crippen LogP contribution in [0.2, 0.25) is 5.15 Å². The number of fused-ring (bicyclic) bond motifs is 1. The SMILES string of the molecule is CN(C(=O)c1cc2cc(C(=O)NC3(C#N)CC3)c(Cl)nc2n1C)C(c1cccc(C(F)(F)F)c1)C(F)(F)F. The first-order valence-corrected chi connectivity index (χ1v) is 11.4. The van der Waals surface area contributed by atoms with Crippen LogP contribution in [0.1, 0.15) is 50.9 Å². The highest BCUT2D eigenvalue weighted by molar-refractivity contribution is 6.33. The molecular formula is C24H18ClF6N5O2. The molecule has 2 amide bonds. The molecule has 1 unspecified atom stereocenters. The Balaban J connectivity index is 1.71. The standard InChI is InChI=1S/C24H18ClF6N5O2/c1-35-16(10-13-9-15(18(25)33-19(13)35)20(37)34-22(11-32)6-7-22)21(38)36(2)17(24(29,30)31)12-4-3-5-14(8-12)23(26,27)28/h3-5,8-10,17H,6-7H2,1-2H3,(H,34,37). The van der Waals surface area contributed by atoms with Crippen molar-refractivity contribution in [1.29, 1.82) is 5.26 Å². The van der Waals surface area contributed by atoms with E-state index in [1.165, 1.54) is 23.7 Å². The van der Waals surface area contributed by atoms with Crippen molar-refractivity contribution in [3.63, 3.8) is 0 Å². The molecule has 0 saturated heterocycles. The Morgan fingerprint density at radius 1 is 1.18 bits per heavy atom. The van der Waals surface area contributed by atoms with Crippen LogP contribution in [0.4, 0.5) is 26.3 Å². The fourth-order valence-electron chi connectivity index (χ4n) is 4.08. The minimum atomic E-state index is -5.11. The second kappa shape index (κ2) is 9.20. The lowest BCUT2D eigenvalue weighted by molar-refractivity contribution is -0.176. The fourth-order valence-corrected chi connectivity index (χ4v) is 4.30. The third-order valence-electron chi connectivity index (χ3n) is 6.28. The van der Waals surface area contributed by atoms with Crippen molar-refractivity contribution in [2.24, 2.45) is 7.05 Å². The summed E-state index contributed by atoms with van der Waals surface area (Å²) in [6.07, 6.45) is -9.06. The van der Waals surface area contributed by atoms with E-state index in [0.29, 0.717) is 29.9 Å². The highest BCUT2D eigenvalue weighted by atomic mass is 35.5. The largest absolute Gasteiger partial charge is 0.416 e. The molecule has 2 heterocycles. The predicted molar refractivity (Wildman–Crippen MR) is 123 cm³/mol. The number of nitrogens with one attached hydrogen (secondary N) is 1. The first kappa shape index (κ1) is 27.3. The number of carbonyl (C=O) groups excluding carboxylic acids is 2. The van der Waals surface area contributed by atoms with Gasteiger partial charge < -0.3 is 14.8 Å². The van der Waals surface area contributed by atoms with Gasteiger partial charge in [-0.15, -0.1) is 0 Å². The molecular weight excluding hydrogens is 540 g/mol. The van der Waals surface area contributed by atoms with Crippen LogP contribution in [0, 0.1) is 11.3 Å².